The highest BCUT2D eigenvalue weighted by Crippen LogP contribution is 2.23. The summed E-state index contributed by atoms with van der Waals surface area (Å²) in [5.41, 5.74) is 0.797. The first-order chi connectivity index (χ1) is 14.1. The van der Waals surface area contributed by atoms with Crippen molar-refractivity contribution in [2.75, 3.05) is 44.7 Å². The third kappa shape index (κ3) is 4.23. The van der Waals surface area contributed by atoms with Gasteiger partial charge in [0.2, 0.25) is 11.8 Å². The van der Waals surface area contributed by atoms with Crippen molar-refractivity contribution in [3.05, 3.63) is 42.9 Å². The van der Waals surface area contributed by atoms with Gasteiger partial charge in [-0.15, -0.1) is 0 Å². The summed E-state index contributed by atoms with van der Waals surface area (Å²) in [5.74, 6) is 1.17. The first kappa shape index (κ1) is 19.0. The van der Waals surface area contributed by atoms with E-state index in [2.05, 4.69) is 9.97 Å². The molecule has 2 saturated heterocycles. The number of amides is 3. The number of urea groups is 1. The van der Waals surface area contributed by atoms with Gasteiger partial charge in [-0.3, -0.25) is 9.69 Å². The van der Waals surface area contributed by atoms with Gasteiger partial charge < -0.3 is 19.3 Å². The van der Waals surface area contributed by atoms with Crippen molar-refractivity contribution in [3.8, 4) is 11.6 Å². The molecule has 0 bridgehead atoms. The molecule has 152 valence electrons. The van der Waals surface area contributed by atoms with Crippen LogP contribution >= 0.6 is 0 Å². The number of carbonyl (C=O) groups excluding carboxylic acids is 2. The Kier molecular flexibility index (Phi) is 5.46. The summed E-state index contributed by atoms with van der Waals surface area (Å²) >= 11 is 0. The lowest BCUT2D eigenvalue weighted by atomic mass is 10.3. The molecule has 0 spiro atoms. The minimum atomic E-state index is -0.156. The molecule has 3 heterocycles. The second kappa shape index (κ2) is 8.34. The fourth-order valence-corrected chi connectivity index (χ4v) is 3.56. The highest BCUT2D eigenvalue weighted by atomic mass is 16.5. The van der Waals surface area contributed by atoms with Crippen molar-refractivity contribution < 1.29 is 19.1 Å². The summed E-state index contributed by atoms with van der Waals surface area (Å²) in [5, 5.41) is 0. The number of hydrogen-bond acceptors (Lipinski definition) is 6. The first-order valence-corrected chi connectivity index (χ1v) is 9.55. The van der Waals surface area contributed by atoms with E-state index in [-0.39, 0.29) is 24.6 Å². The number of aromatic nitrogens is 2. The molecule has 0 radical (unpaired) electrons. The number of anilines is 1. The van der Waals surface area contributed by atoms with Crippen LogP contribution in [0.3, 0.4) is 0 Å². The molecular weight excluding hydrogens is 374 g/mol. The van der Waals surface area contributed by atoms with Gasteiger partial charge in [-0.25, -0.2) is 14.8 Å². The second-order valence-corrected chi connectivity index (χ2v) is 6.97. The Balaban J connectivity index is 1.30. The topological polar surface area (TPSA) is 88.1 Å². The Morgan fingerprint density at radius 2 is 2.00 bits per heavy atom. The van der Waals surface area contributed by atoms with Crippen molar-refractivity contribution >= 4 is 17.6 Å². The highest BCUT2D eigenvalue weighted by molar-refractivity contribution is 5.96. The molecule has 0 unspecified atom stereocenters. The van der Waals surface area contributed by atoms with Crippen LogP contribution in [0.4, 0.5) is 10.5 Å². The molecular formula is C20H23N5O4. The number of carbonyl (C=O) groups is 2. The van der Waals surface area contributed by atoms with Crippen LogP contribution in [0, 0.1) is 0 Å². The molecule has 0 N–H and O–H groups in total. The van der Waals surface area contributed by atoms with Gasteiger partial charge in [-0.1, -0.05) is 0 Å². The van der Waals surface area contributed by atoms with E-state index in [9.17, 15) is 9.59 Å². The van der Waals surface area contributed by atoms with E-state index in [0.29, 0.717) is 32.1 Å². The van der Waals surface area contributed by atoms with Gasteiger partial charge in [0, 0.05) is 44.0 Å². The third-order valence-corrected chi connectivity index (χ3v) is 5.15. The van der Waals surface area contributed by atoms with Gasteiger partial charge in [0.05, 0.1) is 13.7 Å². The minimum absolute atomic E-state index is 0.0660. The van der Waals surface area contributed by atoms with Gasteiger partial charge in [-0.05, 0) is 24.3 Å². The summed E-state index contributed by atoms with van der Waals surface area (Å²) in [4.78, 5) is 38.3. The van der Waals surface area contributed by atoms with Gasteiger partial charge in [0.1, 0.15) is 24.7 Å². The molecule has 2 fully saturated rings. The Morgan fingerprint density at radius 3 is 2.72 bits per heavy atom. The van der Waals surface area contributed by atoms with Crippen molar-refractivity contribution in [3.63, 3.8) is 0 Å². The lowest BCUT2D eigenvalue weighted by Crippen LogP contribution is -2.42. The van der Waals surface area contributed by atoms with Crippen molar-refractivity contribution in [2.24, 2.45) is 0 Å². The maximum atomic E-state index is 12.7. The zero-order valence-corrected chi connectivity index (χ0v) is 16.2. The minimum Gasteiger partial charge on any atom is -0.497 e. The van der Waals surface area contributed by atoms with Gasteiger partial charge in [0.15, 0.2) is 0 Å². The maximum absolute atomic E-state index is 12.7. The van der Waals surface area contributed by atoms with Crippen LogP contribution in [0.25, 0.3) is 0 Å². The Labute approximate surface area is 168 Å². The molecule has 1 atom stereocenters. The summed E-state index contributed by atoms with van der Waals surface area (Å²) in [6, 6.07) is 8.87. The van der Waals surface area contributed by atoms with E-state index in [0.717, 1.165) is 17.9 Å². The zero-order valence-electron chi connectivity index (χ0n) is 16.2. The van der Waals surface area contributed by atoms with Gasteiger partial charge >= 0.3 is 6.03 Å². The molecule has 4 rings (SSSR count). The van der Waals surface area contributed by atoms with Crippen LogP contribution < -0.4 is 14.4 Å². The number of nitrogens with zero attached hydrogens (tertiary/aromatic N) is 5. The molecule has 2 aromatic rings. The monoisotopic (exact) mass is 397 g/mol. The largest absolute Gasteiger partial charge is 0.497 e. The average molecular weight is 397 g/mol. The van der Waals surface area contributed by atoms with E-state index in [1.165, 1.54) is 6.33 Å². The number of hydrogen-bond donors (Lipinski definition) is 0. The van der Waals surface area contributed by atoms with Crippen LogP contribution in [0.1, 0.15) is 6.42 Å². The molecule has 29 heavy (non-hydrogen) atoms. The number of benzene rings is 1. The highest BCUT2D eigenvalue weighted by Gasteiger charge is 2.34. The lowest BCUT2D eigenvalue weighted by molar-refractivity contribution is -0.130. The van der Waals surface area contributed by atoms with E-state index in [1.807, 2.05) is 24.3 Å². The summed E-state index contributed by atoms with van der Waals surface area (Å²) in [6.07, 6.45) is 3.69. The molecule has 9 heteroatoms. The zero-order chi connectivity index (χ0) is 20.2. The van der Waals surface area contributed by atoms with Crippen molar-refractivity contribution in [1.82, 2.24) is 19.8 Å². The van der Waals surface area contributed by atoms with E-state index in [1.54, 1.807) is 34.1 Å². The molecule has 3 amide bonds. The van der Waals surface area contributed by atoms with Crippen LogP contribution in [0.2, 0.25) is 0 Å². The van der Waals surface area contributed by atoms with E-state index < -0.39 is 0 Å². The van der Waals surface area contributed by atoms with Crippen LogP contribution in [-0.4, -0.2) is 77.6 Å². The molecule has 0 saturated carbocycles. The third-order valence-electron chi connectivity index (χ3n) is 5.15. The van der Waals surface area contributed by atoms with Crippen molar-refractivity contribution in [2.45, 2.75) is 12.5 Å². The van der Waals surface area contributed by atoms with E-state index in [4.69, 9.17) is 9.47 Å². The molecule has 2 aliphatic heterocycles. The maximum Gasteiger partial charge on any atom is 0.325 e. The predicted molar refractivity (Wildman–Crippen MR) is 105 cm³/mol. The summed E-state index contributed by atoms with van der Waals surface area (Å²) in [7, 11) is 1.60. The molecule has 1 aromatic heterocycles. The van der Waals surface area contributed by atoms with Crippen LogP contribution in [-0.2, 0) is 4.79 Å². The average Bonchev–Trinajstić information content (AvgIpc) is 3.36. The molecule has 0 aliphatic carbocycles. The normalized spacial score (nSPS) is 19.0. The number of ether oxygens (including phenoxy) is 2. The van der Waals surface area contributed by atoms with E-state index >= 15 is 0 Å². The van der Waals surface area contributed by atoms with Gasteiger partial charge in [0.25, 0.3) is 0 Å². The SMILES string of the molecule is COc1ccc(N2CCN(CC(=O)N3CC[C@@H](Oc4ccncn4)C3)C2=O)cc1. The Hall–Kier alpha value is -3.36. The smallest absolute Gasteiger partial charge is 0.325 e. The van der Waals surface area contributed by atoms with Crippen LogP contribution in [0.5, 0.6) is 11.6 Å². The van der Waals surface area contributed by atoms with Crippen LogP contribution in [0.15, 0.2) is 42.9 Å². The number of likely N-dealkylation sites (tertiary alicyclic amines) is 1. The fourth-order valence-electron chi connectivity index (χ4n) is 3.56. The van der Waals surface area contributed by atoms with Crippen molar-refractivity contribution in [1.29, 1.82) is 0 Å². The standard InChI is InChI=1S/C20H23N5O4/c1-28-16-4-2-15(3-5-16)25-11-10-24(20(25)27)13-19(26)23-9-7-17(12-23)29-18-6-8-21-14-22-18/h2-6,8,14,17H,7,9-13H2,1H3/t17-/m1/s1. The Bertz CT molecular complexity index is 861. The van der Waals surface area contributed by atoms with Gasteiger partial charge in [-0.2, -0.15) is 0 Å². The summed E-state index contributed by atoms with van der Waals surface area (Å²) < 4.78 is 11.0. The lowest BCUT2D eigenvalue weighted by Gasteiger charge is -2.22. The second-order valence-electron chi connectivity index (χ2n) is 6.97. The summed E-state index contributed by atoms with van der Waals surface area (Å²) in [6.45, 7) is 2.25. The molecule has 1 aromatic carbocycles. The molecule has 9 nitrogen and oxygen atoms in total. The fraction of sp³-hybridized carbons (Fsp3) is 0.400. The number of methoxy groups -OCH3 is 1. The molecule has 2 aliphatic rings. The first-order valence-electron chi connectivity index (χ1n) is 9.55. The number of rotatable bonds is 6. The quantitative estimate of drug-likeness (QED) is 0.732. The predicted octanol–water partition coefficient (Wildman–Crippen LogP) is 1.41. The Morgan fingerprint density at radius 1 is 1.17 bits per heavy atom.